The van der Waals surface area contributed by atoms with Crippen molar-refractivity contribution in [1.29, 1.82) is 0 Å². The number of fused-ring (bicyclic) bond motifs is 1. The highest BCUT2D eigenvalue weighted by Crippen LogP contribution is 2.20. The van der Waals surface area contributed by atoms with Crippen molar-refractivity contribution in [2.24, 2.45) is 0 Å². The van der Waals surface area contributed by atoms with Crippen molar-refractivity contribution in [1.82, 2.24) is 0 Å². The normalized spacial score (nSPS) is 10.4. The Morgan fingerprint density at radius 3 is 1.70 bits per heavy atom. The van der Waals surface area contributed by atoms with Crippen LogP contribution in [0.3, 0.4) is 0 Å². The van der Waals surface area contributed by atoms with Gasteiger partial charge < -0.3 is 4.74 Å². The monoisotopic (exact) mass is 434 g/mol. The first kappa shape index (κ1) is 21.9. The molecule has 0 aromatic heterocycles. The molecule has 4 aromatic carbocycles. The summed E-state index contributed by atoms with van der Waals surface area (Å²) in [6.45, 7) is 2.51. The fourth-order valence-electron chi connectivity index (χ4n) is 3.12. The Hall–Kier alpha value is -4.34. The molecule has 0 amide bonds. The van der Waals surface area contributed by atoms with E-state index in [2.05, 4.69) is 23.7 Å². The number of allylic oxidation sites excluding steroid dienone is 1. The maximum absolute atomic E-state index is 13.5. The van der Waals surface area contributed by atoms with Crippen LogP contribution in [0.15, 0.2) is 91.0 Å². The van der Waals surface area contributed by atoms with E-state index in [1.165, 1.54) is 12.1 Å². The van der Waals surface area contributed by atoms with Crippen molar-refractivity contribution in [2.75, 3.05) is 6.61 Å². The molecule has 0 aliphatic heterocycles. The van der Waals surface area contributed by atoms with Crippen LogP contribution in [0.5, 0.6) is 5.75 Å². The predicted octanol–water partition coefficient (Wildman–Crippen LogP) is 6.87. The van der Waals surface area contributed by atoms with Crippen molar-refractivity contribution in [3.8, 4) is 29.4 Å². The highest BCUT2D eigenvalue weighted by atomic mass is 19.2. The summed E-state index contributed by atoms with van der Waals surface area (Å²) in [5.74, 6) is 11.6. The first-order valence-corrected chi connectivity index (χ1v) is 10.5. The van der Waals surface area contributed by atoms with E-state index < -0.39 is 11.6 Å². The van der Waals surface area contributed by atoms with Gasteiger partial charge in [-0.1, -0.05) is 41.9 Å². The van der Waals surface area contributed by atoms with Crippen molar-refractivity contribution in [3.63, 3.8) is 0 Å². The summed E-state index contributed by atoms with van der Waals surface area (Å²) in [7, 11) is 0. The van der Waals surface area contributed by atoms with E-state index in [1.54, 1.807) is 18.2 Å². The minimum absolute atomic E-state index is 0.552. The third-order valence-electron chi connectivity index (χ3n) is 4.90. The van der Waals surface area contributed by atoms with E-state index in [1.807, 2.05) is 67.6 Å². The van der Waals surface area contributed by atoms with Gasteiger partial charge in [-0.2, -0.15) is 0 Å². The van der Waals surface area contributed by atoms with Gasteiger partial charge in [0.15, 0.2) is 11.6 Å². The molecule has 4 rings (SSSR count). The lowest BCUT2D eigenvalue weighted by Gasteiger charge is -2.02. The van der Waals surface area contributed by atoms with Gasteiger partial charge in [-0.15, -0.1) is 0 Å². The Morgan fingerprint density at radius 1 is 0.636 bits per heavy atom. The minimum Gasteiger partial charge on any atom is -0.490 e. The molecule has 160 valence electrons. The van der Waals surface area contributed by atoms with E-state index in [0.717, 1.165) is 28.0 Å². The second kappa shape index (κ2) is 10.3. The first-order valence-electron chi connectivity index (χ1n) is 10.5. The summed E-state index contributed by atoms with van der Waals surface area (Å²) in [4.78, 5) is 0. The lowest BCUT2D eigenvalue weighted by atomic mass is 10.1. The van der Waals surface area contributed by atoms with Gasteiger partial charge in [-0.3, -0.25) is 0 Å². The second-order valence-electron chi connectivity index (χ2n) is 7.31. The molecule has 33 heavy (non-hydrogen) atoms. The van der Waals surface area contributed by atoms with E-state index in [0.29, 0.717) is 17.4 Å². The molecule has 0 N–H and O–H groups in total. The summed E-state index contributed by atoms with van der Waals surface area (Å²) in [6.07, 6.45) is 3.90. The SMILES string of the molecule is C/C=C/COc1ccc(C#Cc2ccc(C#Cc3ccc4cc(F)c(F)cc4c3)cc2)cc1. The molecule has 0 saturated heterocycles. The molecular weight excluding hydrogens is 414 g/mol. The lowest BCUT2D eigenvalue weighted by molar-refractivity contribution is 0.362. The van der Waals surface area contributed by atoms with Gasteiger partial charge in [0, 0.05) is 22.3 Å². The second-order valence-corrected chi connectivity index (χ2v) is 7.31. The smallest absolute Gasteiger partial charge is 0.159 e. The standard InChI is InChI=1S/C30H20F2O/c1-2-3-18-33-28-16-13-24(14-17-28)9-8-22-4-6-23(7-5-22)10-11-25-12-15-26-20-29(31)30(32)21-27(26)19-25/h2-7,12-17,19-21H,18H2,1H3/b3-2+. The van der Waals surface area contributed by atoms with Crippen LogP contribution >= 0.6 is 0 Å². The van der Waals surface area contributed by atoms with Crippen LogP contribution in [0, 0.1) is 35.3 Å². The van der Waals surface area contributed by atoms with E-state index >= 15 is 0 Å². The molecule has 0 spiro atoms. The highest BCUT2D eigenvalue weighted by molar-refractivity contribution is 5.84. The molecule has 0 unspecified atom stereocenters. The van der Waals surface area contributed by atoms with Crippen LogP contribution in [0.4, 0.5) is 8.78 Å². The Labute approximate surface area is 192 Å². The average Bonchev–Trinajstić information content (AvgIpc) is 2.84. The molecule has 0 aliphatic rings. The third kappa shape index (κ3) is 5.88. The van der Waals surface area contributed by atoms with Crippen LogP contribution in [-0.2, 0) is 0 Å². The van der Waals surface area contributed by atoms with Crippen molar-refractivity contribution in [2.45, 2.75) is 6.92 Å². The van der Waals surface area contributed by atoms with Crippen LogP contribution in [-0.4, -0.2) is 6.61 Å². The largest absolute Gasteiger partial charge is 0.490 e. The number of hydrogen-bond donors (Lipinski definition) is 0. The van der Waals surface area contributed by atoms with Gasteiger partial charge in [-0.25, -0.2) is 8.78 Å². The van der Waals surface area contributed by atoms with Crippen LogP contribution in [0.1, 0.15) is 29.2 Å². The van der Waals surface area contributed by atoms with Crippen molar-refractivity contribution in [3.05, 3.63) is 125 Å². The quantitative estimate of drug-likeness (QED) is 0.252. The van der Waals surface area contributed by atoms with Crippen molar-refractivity contribution >= 4 is 10.8 Å². The summed E-state index contributed by atoms with van der Waals surface area (Å²) in [5, 5.41) is 1.25. The topological polar surface area (TPSA) is 9.23 Å². The summed E-state index contributed by atoms with van der Waals surface area (Å²) >= 11 is 0. The number of rotatable bonds is 3. The fourth-order valence-corrected chi connectivity index (χ4v) is 3.12. The first-order chi connectivity index (χ1) is 16.1. The zero-order valence-electron chi connectivity index (χ0n) is 18.0. The Morgan fingerprint density at radius 2 is 1.12 bits per heavy atom. The van der Waals surface area contributed by atoms with Gasteiger partial charge >= 0.3 is 0 Å². The Bertz CT molecular complexity index is 1430. The number of ether oxygens (including phenoxy) is 1. The van der Waals surface area contributed by atoms with Gasteiger partial charge in [0.2, 0.25) is 0 Å². The Kier molecular flexibility index (Phi) is 6.84. The van der Waals surface area contributed by atoms with Crippen LogP contribution in [0.2, 0.25) is 0 Å². The van der Waals surface area contributed by atoms with E-state index in [-0.39, 0.29) is 0 Å². The van der Waals surface area contributed by atoms with Gasteiger partial charge in [-0.05, 0) is 90.5 Å². The summed E-state index contributed by atoms with van der Waals surface area (Å²) in [6, 6.07) is 23.0. The molecule has 4 aromatic rings. The molecule has 0 radical (unpaired) electrons. The zero-order valence-corrected chi connectivity index (χ0v) is 18.0. The maximum Gasteiger partial charge on any atom is 0.159 e. The van der Waals surface area contributed by atoms with Crippen molar-refractivity contribution < 1.29 is 13.5 Å². The van der Waals surface area contributed by atoms with Gasteiger partial charge in [0.05, 0.1) is 0 Å². The van der Waals surface area contributed by atoms with Gasteiger partial charge in [0.25, 0.3) is 0 Å². The summed E-state index contributed by atoms with van der Waals surface area (Å²) in [5.41, 5.74) is 3.37. The van der Waals surface area contributed by atoms with Crippen LogP contribution < -0.4 is 4.74 Å². The lowest BCUT2D eigenvalue weighted by Crippen LogP contribution is -1.92. The van der Waals surface area contributed by atoms with E-state index in [9.17, 15) is 8.78 Å². The predicted molar refractivity (Wildman–Crippen MR) is 129 cm³/mol. The van der Waals surface area contributed by atoms with E-state index in [4.69, 9.17) is 4.74 Å². The minimum atomic E-state index is -0.863. The molecule has 3 heteroatoms. The third-order valence-corrected chi connectivity index (χ3v) is 4.90. The fraction of sp³-hybridized carbons (Fsp3) is 0.0667. The number of benzene rings is 4. The van der Waals surface area contributed by atoms with Crippen LogP contribution in [0.25, 0.3) is 10.8 Å². The number of hydrogen-bond acceptors (Lipinski definition) is 1. The zero-order chi connectivity index (χ0) is 23.0. The molecule has 0 fully saturated rings. The molecular formula is C30H20F2O. The highest BCUT2D eigenvalue weighted by Gasteiger charge is 2.04. The molecule has 0 saturated carbocycles. The molecule has 0 atom stereocenters. The Balaban J connectivity index is 1.43. The number of halogens is 2. The molecule has 0 bridgehead atoms. The average molecular weight is 434 g/mol. The summed E-state index contributed by atoms with van der Waals surface area (Å²) < 4.78 is 32.4. The molecule has 1 nitrogen and oxygen atoms in total. The molecule has 0 heterocycles. The molecule has 0 aliphatic carbocycles. The maximum atomic E-state index is 13.5. The van der Waals surface area contributed by atoms with Gasteiger partial charge in [0.1, 0.15) is 12.4 Å².